The highest BCUT2D eigenvalue weighted by atomic mass is 32.1. The van der Waals surface area contributed by atoms with Crippen LogP contribution in [-0.2, 0) is 0 Å². The van der Waals surface area contributed by atoms with Gasteiger partial charge in [0.15, 0.2) is 0 Å². The first-order chi connectivity index (χ1) is 9.76. The van der Waals surface area contributed by atoms with E-state index in [4.69, 9.17) is 10.5 Å². The number of hydrogen-bond acceptors (Lipinski definition) is 7. The lowest BCUT2D eigenvalue weighted by Gasteiger charge is -2.04. The van der Waals surface area contributed by atoms with E-state index >= 15 is 0 Å². The van der Waals surface area contributed by atoms with Gasteiger partial charge in [0.1, 0.15) is 5.75 Å². The minimum atomic E-state index is 0.283. The van der Waals surface area contributed by atoms with Gasteiger partial charge in [-0.05, 0) is 12.1 Å². The lowest BCUT2D eigenvalue weighted by atomic mass is 10.3. The second-order valence-corrected chi connectivity index (χ2v) is 4.75. The highest BCUT2D eigenvalue weighted by Gasteiger charge is 2.10. The van der Waals surface area contributed by atoms with E-state index in [1.165, 1.54) is 16.0 Å². The van der Waals surface area contributed by atoms with Crippen molar-refractivity contribution in [3.63, 3.8) is 0 Å². The number of ether oxygens (including phenoxy) is 1. The quantitative estimate of drug-likeness (QED) is 0.763. The molecule has 2 heterocycles. The van der Waals surface area contributed by atoms with E-state index in [-0.39, 0.29) is 5.95 Å². The maximum Gasteiger partial charge on any atom is 0.248 e. The maximum atomic E-state index is 5.83. The number of aromatic nitrogens is 4. The zero-order valence-electron chi connectivity index (χ0n) is 10.6. The van der Waals surface area contributed by atoms with Gasteiger partial charge in [0.05, 0.1) is 7.11 Å². The van der Waals surface area contributed by atoms with Crippen LogP contribution in [0.3, 0.4) is 0 Å². The Hall–Kier alpha value is -2.61. The molecular formula is C12H12N6OS. The first-order valence-electron chi connectivity index (χ1n) is 5.80. The van der Waals surface area contributed by atoms with Crippen molar-refractivity contribution in [2.75, 3.05) is 18.2 Å². The Labute approximate surface area is 119 Å². The number of rotatable bonds is 4. The molecule has 3 N–H and O–H groups in total. The average molecular weight is 288 g/mol. The number of nitrogens with two attached hydrogens (primary N) is 1. The van der Waals surface area contributed by atoms with Crippen LogP contribution in [-0.4, -0.2) is 26.9 Å². The van der Waals surface area contributed by atoms with E-state index in [2.05, 4.69) is 20.4 Å². The lowest BCUT2D eigenvalue weighted by Crippen LogP contribution is -2.01. The van der Waals surface area contributed by atoms with Crippen LogP contribution in [0.2, 0.25) is 0 Å². The molecule has 0 unspecified atom stereocenters. The molecule has 0 spiro atoms. The second kappa shape index (κ2) is 5.17. The Morgan fingerprint density at radius 3 is 3.05 bits per heavy atom. The monoisotopic (exact) mass is 288 g/mol. The number of anilines is 3. The van der Waals surface area contributed by atoms with Crippen molar-refractivity contribution in [2.24, 2.45) is 0 Å². The Morgan fingerprint density at radius 1 is 1.40 bits per heavy atom. The zero-order chi connectivity index (χ0) is 13.9. The average Bonchev–Trinajstić information content (AvgIpc) is 3.08. The highest BCUT2D eigenvalue weighted by molar-refractivity contribution is 7.12. The van der Waals surface area contributed by atoms with E-state index in [0.29, 0.717) is 11.1 Å². The summed E-state index contributed by atoms with van der Waals surface area (Å²) in [6, 6.07) is 7.48. The predicted molar refractivity (Wildman–Crippen MR) is 77.7 cm³/mol. The van der Waals surface area contributed by atoms with Crippen LogP contribution >= 0.6 is 11.3 Å². The fraction of sp³-hybridized carbons (Fsp3) is 0.0833. The molecular weight excluding hydrogens is 276 g/mol. The molecule has 0 aliphatic carbocycles. The van der Waals surface area contributed by atoms with E-state index in [9.17, 15) is 0 Å². The smallest absolute Gasteiger partial charge is 0.248 e. The highest BCUT2D eigenvalue weighted by Crippen LogP contribution is 2.21. The summed E-state index contributed by atoms with van der Waals surface area (Å²) in [6.07, 6.45) is 1.69. The summed E-state index contributed by atoms with van der Waals surface area (Å²) in [6.45, 7) is 0. The van der Waals surface area contributed by atoms with Gasteiger partial charge in [-0.2, -0.15) is 9.67 Å². The normalized spacial score (nSPS) is 10.4. The third kappa shape index (κ3) is 2.41. The fourth-order valence-corrected chi connectivity index (χ4v) is 2.27. The molecule has 8 heteroatoms. The van der Waals surface area contributed by atoms with Crippen LogP contribution in [0.15, 0.2) is 35.8 Å². The Balaban J connectivity index is 1.86. The topological polar surface area (TPSA) is 90.9 Å². The largest absolute Gasteiger partial charge is 0.497 e. The molecule has 0 bridgehead atoms. The number of methoxy groups -OCH3 is 1. The van der Waals surface area contributed by atoms with Crippen LogP contribution in [0, 0.1) is 0 Å². The maximum absolute atomic E-state index is 5.83. The summed E-state index contributed by atoms with van der Waals surface area (Å²) in [4.78, 5) is 8.31. The van der Waals surface area contributed by atoms with Gasteiger partial charge in [-0.25, -0.2) is 4.98 Å². The molecule has 0 radical (unpaired) electrons. The number of nitrogens with one attached hydrogen (secondary N) is 1. The third-order valence-electron chi connectivity index (χ3n) is 2.56. The standard InChI is InChI=1S/C12H12N6OS/c1-19-9-4-2-3-8(7-9)15-11-16-10(13)18(17-11)12-14-5-6-20-12/h2-7H,1H3,(H3,13,15,16,17). The number of thiazole rings is 1. The van der Waals surface area contributed by atoms with Crippen LogP contribution in [0.5, 0.6) is 5.75 Å². The van der Waals surface area contributed by atoms with Crippen molar-refractivity contribution >= 4 is 28.9 Å². The van der Waals surface area contributed by atoms with E-state index in [0.717, 1.165) is 11.4 Å². The molecule has 0 aliphatic rings. The van der Waals surface area contributed by atoms with Crippen molar-refractivity contribution in [1.29, 1.82) is 0 Å². The summed E-state index contributed by atoms with van der Waals surface area (Å²) >= 11 is 1.44. The van der Waals surface area contributed by atoms with Gasteiger partial charge in [0.25, 0.3) is 0 Å². The number of hydrogen-bond donors (Lipinski definition) is 2. The molecule has 2 aromatic heterocycles. The summed E-state index contributed by atoms with van der Waals surface area (Å²) in [5.74, 6) is 1.44. The molecule has 3 aromatic rings. The van der Waals surface area contributed by atoms with Gasteiger partial charge in [-0.15, -0.1) is 16.4 Å². The fourth-order valence-electron chi connectivity index (χ4n) is 1.67. The number of nitrogens with zero attached hydrogens (tertiary/aromatic N) is 4. The van der Waals surface area contributed by atoms with Gasteiger partial charge in [-0.1, -0.05) is 6.07 Å². The van der Waals surface area contributed by atoms with Crippen LogP contribution in [0.1, 0.15) is 0 Å². The minimum absolute atomic E-state index is 0.283. The van der Waals surface area contributed by atoms with Crippen LogP contribution in [0.25, 0.3) is 5.13 Å². The summed E-state index contributed by atoms with van der Waals surface area (Å²) in [5.41, 5.74) is 6.65. The molecule has 0 atom stereocenters. The van der Waals surface area contributed by atoms with Gasteiger partial charge in [-0.3, -0.25) is 0 Å². The van der Waals surface area contributed by atoms with Gasteiger partial charge in [0, 0.05) is 23.3 Å². The van der Waals surface area contributed by atoms with Crippen molar-refractivity contribution in [3.05, 3.63) is 35.8 Å². The molecule has 0 saturated carbocycles. The van der Waals surface area contributed by atoms with E-state index < -0.39 is 0 Å². The molecule has 0 amide bonds. The molecule has 20 heavy (non-hydrogen) atoms. The van der Waals surface area contributed by atoms with Crippen molar-refractivity contribution in [2.45, 2.75) is 0 Å². The molecule has 102 valence electrons. The minimum Gasteiger partial charge on any atom is -0.497 e. The Morgan fingerprint density at radius 2 is 2.30 bits per heavy atom. The third-order valence-corrected chi connectivity index (χ3v) is 3.31. The van der Waals surface area contributed by atoms with Crippen molar-refractivity contribution in [3.8, 4) is 10.9 Å². The summed E-state index contributed by atoms with van der Waals surface area (Å²) < 4.78 is 6.65. The first-order valence-corrected chi connectivity index (χ1v) is 6.68. The Bertz CT molecular complexity index is 709. The van der Waals surface area contributed by atoms with Gasteiger partial charge in [0.2, 0.25) is 17.0 Å². The molecule has 1 aromatic carbocycles. The molecule has 0 aliphatic heterocycles. The van der Waals surface area contributed by atoms with E-state index in [1.807, 2.05) is 29.6 Å². The first kappa shape index (κ1) is 12.4. The number of nitrogen functional groups attached to an aromatic ring is 1. The summed E-state index contributed by atoms with van der Waals surface area (Å²) in [7, 11) is 1.62. The summed E-state index contributed by atoms with van der Waals surface area (Å²) in [5, 5.41) is 9.88. The molecule has 7 nitrogen and oxygen atoms in total. The van der Waals surface area contributed by atoms with Gasteiger partial charge < -0.3 is 15.8 Å². The number of benzene rings is 1. The zero-order valence-corrected chi connectivity index (χ0v) is 11.5. The second-order valence-electron chi connectivity index (χ2n) is 3.88. The van der Waals surface area contributed by atoms with Crippen LogP contribution < -0.4 is 15.8 Å². The van der Waals surface area contributed by atoms with Crippen molar-refractivity contribution < 1.29 is 4.74 Å². The van der Waals surface area contributed by atoms with Gasteiger partial charge >= 0.3 is 0 Å². The lowest BCUT2D eigenvalue weighted by molar-refractivity contribution is 0.415. The predicted octanol–water partition coefficient (Wildman–Crippen LogP) is 2.06. The molecule has 0 saturated heterocycles. The van der Waals surface area contributed by atoms with Crippen molar-refractivity contribution in [1.82, 2.24) is 19.7 Å². The van der Waals surface area contributed by atoms with E-state index in [1.54, 1.807) is 13.3 Å². The SMILES string of the molecule is COc1cccc(Nc2nc(N)n(-c3nccs3)n2)c1. The van der Waals surface area contributed by atoms with Crippen LogP contribution in [0.4, 0.5) is 17.6 Å². The molecule has 0 fully saturated rings. The molecule has 3 rings (SSSR count). The Kier molecular flexibility index (Phi) is 3.21.